The molecule has 2 aromatic heterocycles. The fourth-order valence-corrected chi connectivity index (χ4v) is 1.77. The van der Waals surface area contributed by atoms with Gasteiger partial charge in [-0.1, -0.05) is 11.6 Å². The van der Waals surface area contributed by atoms with Gasteiger partial charge in [-0.25, -0.2) is 4.98 Å². The monoisotopic (exact) mass is 253 g/mol. The van der Waals surface area contributed by atoms with E-state index in [9.17, 15) is 0 Å². The SMILES string of the molecule is Cc1cnc(CN(C)CCn2cc(Cl)cn2)[nH]1. The van der Waals surface area contributed by atoms with E-state index in [-0.39, 0.29) is 0 Å². The number of aromatic amines is 1. The molecule has 0 unspecified atom stereocenters. The Labute approximate surface area is 105 Å². The van der Waals surface area contributed by atoms with Crippen LogP contribution in [0.4, 0.5) is 0 Å². The third-order valence-corrected chi connectivity index (χ3v) is 2.68. The lowest BCUT2D eigenvalue weighted by molar-refractivity contribution is 0.299. The molecule has 0 atom stereocenters. The van der Waals surface area contributed by atoms with E-state index in [1.807, 2.05) is 24.0 Å². The number of hydrogen-bond acceptors (Lipinski definition) is 3. The quantitative estimate of drug-likeness (QED) is 0.883. The fraction of sp³-hybridized carbons (Fsp3) is 0.455. The van der Waals surface area contributed by atoms with Crippen molar-refractivity contribution in [2.45, 2.75) is 20.0 Å². The zero-order valence-corrected chi connectivity index (χ0v) is 10.8. The summed E-state index contributed by atoms with van der Waals surface area (Å²) in [4.78, 5) is 9.68. The van der Waals surface area contributed by atoms with Crippen molar-refractivity contribution >= 4 is 11.6 Å². The summed E-state index contributed by atoms with van der Waals surface area (Å²) in [6.07, 6.45) is 5.32. The van der Waals surface area contributed by atoms with Crippen LogP contribution in [0.1, 0.15) is 11.5 Å². The molecule has 2 heterocycles. The number of likely N-dealkylation sites (N-methyl/N-ethyl adjacent to an activating group) is 1. The van der Waals surface area contributed by atoms with E-state index in [1.54, 1.807) is 6.20 Å². The van der Waals surface area contributed by atoms with Crippen molar-refractivity contribution < 1.29 is 0 Å². The second-order valence-corrected chi connectivity index (χ2v) is 4.61. The lowest BCUT2D eigenvalue weighted by Gasteiger charge is -2.14. The van der Waals surface area contributed by atoms with Crippen LogP contribution in [0.25, 0.3) is 0 Å². The summed E-state index contributed by atoms with van der Waals surface area (Å²) in [6, 6.07) is 0. The van der Waals surface area contributed by atoms with Crippen LogP contribution in [-0.4, -0.2) is 38.2 Å². The Bertz CT molecular complexity index is 476. The molecule has 1 N–H and O–H groups in total. The Morgan fingerprint density at radius 1 is 1.47 bits per heavy atom. The van der Waals surface area contributed by atoms with Gasteiger partial charge in [0.05, 0.1) is 24.3 Å². The molecule has 6 heteroatoms. The molecule has 2 aromatic rings. The van der Waals surface area contributed by atoms with Gasteiger partial charge in [0.2, 0.25) is 0 Å². The highest BCUT2D eigenvalue weighted by atomic mass is 35.5. The minimum absolute atomic E-state index is 0.675. The number of rotatable bonds is 5. The Kier molecular flexibility index (Phi) is 3.81. The summed E-state index contributed by atoms with van der Waals surface area (Å²) >= 11 is 5.80. The highest BCUT2D eigenvalue weighted by Crippen LogP contribution is 2.05. The van der Waals surface area contributed by atoms with Crippen LogP contribution in [0.2, 0.25) is 5.02 Å². The number of halogens is 1. The molecule has 0 bridgehead atoms. The van der Waals surface area contributed by atoms with Gasteiger partial charge >= 0.3 is 0 Å². The van der Waals surface area contributed by atoms with Crippen molar-refractivity contribution in [3.05, 3.63) is 35.1 Å². The van der Waals surface area contributed by atoms with Gasteiger partial charge in [-0.15, -0.1) is 0 Å². The van der Waals surface area contributed by atoms with Gasteiger partial charge < -0.3 is 4.98 Å². The van der Waals surface area contributed by atoms with Crippen molar-refractivity contribution in [1.82, 2.24) is 24.6 Å². The molecule has 0 aliphatic heterocycles. The van der Waals surface area contributed by atoms with E-state index in [0.29, 0.717) is 5.02 Å². The lowest BCUT2D eigenvalue weighted by Crippen LogP contribution is -2.23. The van der Waals surface area contributed by atoms with Crippen LogP contribution in [-0.2, 0) is 13.1 Å². The van der Waals surface area contributed by atoms with Gasteiger partial charge in [-0.05, 0) is 14.0 Å². The molecule has 0 saturated heterocycles. The highest BCUT2D eigenvalue weighted by Gasteiger charge is 2.04. The second-order valence-electron chi connectivity index (χ2n) is 4.17. The van der Waals surface area contributed by atoms with Crippen molar-refractivity contribution in [2.75, 3.05) is 13.6 Å². The minimum atomic E-state index is 0.675. The molecule has 92 valence electrons. The maximum absolute atomic E-state index is 5.80. The molecule has 0 spiro atoms. The average molecular weight is 254 g/mol. The van der Waals surface area contributed by atoms with Gasteiger partial charge in [0.25, 0.3) is 0 Å². The van der Waals surface area contributed by atoms with Crippen LogP contribution in [0, 0.1) is 6.92 Å². The van der Waals surface area contributed by atoms with Gasteiger partial charge in [-0.2, -0.15) is 5.10 Å². The summed E-state index contributed by atoms with van der Waals surface area (Å²) in [5.41, 5.74) is 1.09. The number of hydrogen-bond donors (Lipinski definition) is 1. The van der Waals surface area contributed by atoms with Crippen LogP contribution in [0.3, 0.4) is 0 Å². The van der Waals surface area contributed by atoms with Crippen molar-refractivity contribution in [3.8, 4) is 0 Å². The van der Waals surface area contributed by atoms with Crippen LogP contribution >= 0.6 is 11.6 Å². The van der Waals surface area contributed by atoms with E-state index >= 15 is 0 Å². The number of nitrogens with zero attached hydrogens (tertiary/aromatic N) is 4. The van der Waals surface area contributed by atoms with E-state index in [0.717, 1.165) is 31.2 Å². The first-order valence-corrected chi connectivity index (χ1v) is 5.88. The Hall–Kier alpha value is -1.33. The molecular weight excluding hydrogens is 238 g/mol. The van der Waals surface area contributed by atoms with Gasteiger partial charge in [0.15, 0.2) is 0 Å². The molecule has 2 rings (SSSR count). The van der Waals surface area contributed by atoms with Crippen molar-refractivity contribution in [2.24, 2.45) is 0 Å². The molecule has 5 nitrogen and oxygen atoms in total. The fourth-order valence-electron chi connectivity index (χ4n) is 1.62. The van der Waals surface area contributed by atoms with Crippen LogP contribution in [0.15, 0.2) is 18.6 Å². The molecule has 0 radical (unpaired) electrons. The number of aromatic nitrogens is 4. The summed E-state index contributed by atoms with van der Waals surface area (Å²) in [5, 5.41) is 4.81. The van der Waals surface area contributed by atoms with Crippen LogP contribution in [0.5, 0.6) is 0 Å². The van der Waals surface area contributed by atoms with E-state index in [1.165, 1.54) is 0 Å². The zero-order chi connectivity index (χ0) is 12.3. The average Bonchev–Trinajstić information content (AvgIpc) is 2.85. The van der Waals surface area contributed by atoms with Gasteiger partial charge in [0, 0.05) is 24.6 Å². The molecule has 17 heavy (non-hydrogen) atoms. The standard InChI is InChI=1S/C11H16ClN5/c1-9-5-13-11(15-9)8-16(2)3-4-17-7-10(12)6-14-17/h5-7H,3-4,8H2,1-2H3,(H,13,15). The first-order chi connectivity index (χ1) is 8.13. The molecular formula is C11H16ClN5. The maximum atomic E-state index is 5.80. The summed E-state index contributed by atoms with van der Waals surface area (Å²) < 4.78 is 1.84. The number of imidazole rings is 1. The predicted molar refractivity (Wildman–Crippen MR) is 66.9 cm³/mol. The third kappa shape index (κ3) is 3.57. The zero-order valence-electron chi connectivity index (χ0n) is 10.0. The third-order valence-electron chi connectivity index (χ3n) is 2.49. The maximum Gasteiger partial charge on any atom is 0.120 e. The predicted octanol–water partition coefficient (Wildman–Crippen LogP) is 1.70. The van der Waals surface area contributed by atoms with E-state index in [4.69, 9.17) is 11.6 Å². The molecule has 0 aromatic carbocycles. The van der Waals surface area contributed by atoms with E-state index < -0.39 is 0 Å². The Morgan fingerprint density at radius 3 is 2.88 bits per heavy atom. The number of H-pyrrole nitrogens is 1. The Morgan fingerprint density at radius 2 is 2.29 bits per heavy atom. The van der Waals surface area contributed by atoms with Crippen molar-refractivity contribution in [1.29, 1.82) is 0 Å². The molecule has 0 aliphatic carbocycles. The van der Waals surface area contributed by atoms with Crippen molar-refractivity contribution in [3.63, 3.8) is 0 Å². The number of aryl methyl sites for hydroxylation is 1. The Balaban J connectivity index is 1.79. The lowest BCUT2D eigenvalue weighted by atomic mass is 10.5. The summed E-state index contributed by atoms with van der Waals surface area (Å²) in [6.45, 7) is 4.53. The molecule has 0 saturated carbocycles. The van der Waals surface area contributed by atoms with E-state index in [2.05, 4.69) is 27.0 Å². The summed E-state index contributed by atoms with van der Waals surface area (Å²) in [5.74, 6) is 0.989. The molecule has 0 fully saturated rings. The van der Waals surface area contributed by atoms with Gasteiger partial charge in [-0.3, -0.25) is 9.58 Å². The second kappa shape index (κ2) is 5.33. The summed E-state index contributed by atoms with van der Waals surface area (Å²) in [7, 11) is 2.06. The first-order valence-electron chi connectivity index (χ1n) is 5.50. The highest BCUT2D eigenvalue weighted by molar-refractivity contribution is 6.30. The topological polar surface area (TPSA) is 49.7 Å². The largest absolute Gasteiger partial charge is 0.345 e. The first kappa shape index (κ1) is 12.1. The van der Waals surface area contributed by atoms with Gasteiger partial charge in [0.1, 0.15) is 5.82 Å². The smallest absolute Gasteiger partial charge is 0.120 e. The normalized spacial score (nSPS) is 11.3. The minimum Gasteiger partial charge on any atom is -0.345 e. The number of nitrogens with one attached hydrogen (secondary N) is 1. The molecule has 0 aliphatic rings. The van der Waals surface area contributed by atoms with Crippen LogP contribution < -0.4 is 0 Å². The molecule has 0 amide bonds.